The topological polar surface area (TPSA) is 92.1 Å². The fraction of sp³-hybridized carbons (Fsp3) is 0.350. The number of hydrazone groups is 1. The molecule has 0 saturated carbocycles. The first-order chi connectivity index (χ1) is 13.3. The number of hydrogen-bond acceptors (Lipinski definition) is 5. The van der Waals surface area contributed by atoms with Gasteiger partial charge in [0, 0.05) is 12.5 Å². The van der Waals surface area contributed by atoms with Crippen LogP contribution in [-0.4, -0.2) is 34.5 Å². The number of halogens is 1. The van der Waals surface area contributed by atoms with Gasteiger partial charge in [-0.25, -0.2) is 4.39 Å². The SMILES string of the molecule is Cc1ccc(CN(C(=O)C2=NN(c3ccc(F)cc3)C(C(N)=O)C2)C(C)C)o1. The number of amides is 2. The van der Waals surface area contributed by atoms with Crippen molar-refractivity contribution in [1.29, 1.82) is 0 Å². The van der Waals surface area contributed by atoms with E-state index in [1.807, 2.05) is 32.9 Å². The van der Waals surface area contributed by atoms with Gasteiger partial charge in [0.1, 0.15) is 29.1 Å². The van der Waals surface area contributed by atoms with Crippen LogP contribution >= 0.6 is 0 Å². The molecule has 0 spiro atoms. The normalized spacial score (nSPS) is 16.4. The lowest BCUT2D eigenvalue weighted by atomic mass is 10.1. The number of primary amides is 1. The summed E-state index contributed by atoms with van der Waals surface area (Å²) in [4.78, 5) is 26.7. The third-order valence-corrected chi connectivity index (χ3v) is 4.58. The minimum Gasteiger partial charge on any atom is -0.464 e. The molecule has 0 fully saturated rings. The molecule has 2 aromatic rings. The molecule has 3 rings (SSSR count). The van der Waals surface area contributed by atoms with E-state index in [1.54, 1.807) is 4.90 Å². The minimum absolute atomic E-state index is 0.0892. The maximum atomic E-state index is 13.2. The number of aryl methyl sites for hydroxylation is 1. The van der Waals surface area contributed by atoms with Crippen molar-refractivity contribution in [2.75, 3.05) is 5.01 Å². The van der Waals surface area contributed by atoms with E-state index in [9.17, 15) is 14.0 Å². The molecule has 2 amide bonds. The first-order valence-electron chi connectivity index (χ1n) is 9.04. The van der Waals surface area contributed by atoms with Gasteiger partial charge in [-0.2, -0.15) is 5.10 Å². The molecule has 0 saturated heterocycles. The maximum Gasteiger partial charge on any atom is 0.270 e. The Hall–Kier alpha value is -3.16. The summed E-state index contributed by atoms with van der Waals surface area (Å²) in [7, 11) is 0. The highest BCUT2D eigenvalue weighted by Crippen LogP contribution is 2.26. The minimum atomic E-state index is -0.802. The van der Waals surface area contributed by atoms with Crippen LogP contribution in [-0.2, 0) is 16.1 Å². The number of furan rings is 1. The van der Waals surface area contributed by atoms with Crippen molar-refractivity contribution >= 4 is 23.2 Å². The number of rotatable bonds is 6. The Kier molecular flexibility index (Phi) is 5.48. The summed E-state index contributed by atoms with van der Waals surface area (Å²) in [5, 5.41) is 5.73. The predicted molar refractivity (Wildman–Crippen MR) is 103 cm³/mol. The van der Waals surface area contributed by atoms with Crippen LogP contribution in [0.1, 0.15) is 31.8 Å². The van der Waals surface area contributed by atoms with Crippen molar-refractivity contribution < 1.29 is 18.4 Å². The number of nitrogens with zero attached hydrogens (tertiary/aromatic N) is 3. The Balaban J connectivity index is 1.87. The van der Waals surface area contributed by atoms with E-state index in [1.165, 1.54) is 29.3 Å². The van der Waals surface area contributed by atoms with Crippen LogP contribution in [0.2, 0.25) is 0 Å². The number of carbonyl (C=O) groups excluding carboxylic acids is 2. The summed E-state index contributed by atoms with van der Waals surface area (Å²) >= 11 is 0. The van der Waals surface area contributed by atoms with Gasteiger partial charge in [0.2, 0.25) is 5.91 Å². The second-order valence-corrected chi connectivity index (χ2v) is 7.03. The summed E-state index contributed by atoms with van der Waals surface area (Å²) in [5.41, 5.74) is 6.23. The van der Waals surface area contributed by atoms with E-state index in [2.05, 4.69) is 5.10 Å². The van der Waals surface area contributed by atoms with Gasteiger partial charge in [0.25, 0.3) is 5.91 Å². The summed E-state index contributed by atoms with van der Waals surface area (Å²) in [6, 6.07) is 8.28. The second-order valence-electron chi connectivity index (χ2n) is 7.03. The van der Waals surface area contributed by atoms with Crippen molar-refractivity contribution in [1.82, 2.24) is 4.90 Å². The van der Waals surface area contributed by atoms with Crippen LogP contribution in [0.4, 0.5) is 10.1 Å². The van der Waals surface area contributed by atoms with Crippen LogP contribution < -0.4 is 10.7 Å². The van der Waals surface area contributed by atoms with Gasteiger partial charge < -0.3 is 15.1 Å². The van der Waals surface area contributed by atoms with E-state index in [0.29, 0.717) is 18.0 Å². The molecule has 1 aliphatic rings. The average Bonchev–Trinajstić information content (AvgIpc) is 3.26. The van der Waals surface area contributed by atoms with Crippen molar-refractivity contribution in [3.63, 3.8) is 0 Å². The molecule has 1 aromatic heterocycles. The summed E-state index contributed by atoms with van der Waals surface area (Å²) in [6.07, 6.45) is 0.0892. The number of anilines is 1. The molecule has 1 unspecified atom stereocenters. The van der Waals surface area contributed by atoms with E-state index in [0.717, 1.165) is 5.76 Å². The molecule has 1 atom stereocenters. The van der Waals surface area contributed by atoms with E-state index >= 15 is 0 Å². The lowest BCUT2D eigenvalue weighted by Crippen LogP contribution is -2.42. The zero-order valence-corrected chi connectivity index (χ0v) is 16.1. The smallest absolute Gasteiger partial charge is 0.270 e. The number of nitrogens with two attached hydrogens (primary N) is 1. The standard InChI is InChI=1S/C20H23FN4O3/c1-12(2)24(11-16-9-4-13(3)28-16)20(27)17-10-18(19(22)26)25(23-17)15-7-5-14(21)6-8-15/h4-9,12,18H,10-11H2,1-3H3,(H2,22,26). The molecule has 0 bridgehead atoms. The molecule has 28 heavy (non-hydrogen) atoms. The highest BCUT2D eigenvalue weighted by Gasteiger charge is 2.37. The zero-order chi connectivity index (χ0) is 20.4. The third-order valence-electron chi connectivity index (χ3n) is 4.58. The van der Waals surface area contributed by atoms with Gasteiger partial charge in [0.05, 0.1) is 12.2 Å². The molecule has 0 aliphatic carbocycles. The third kappa shape index (κ3) is 4.05. The van der Waals surface area contributed by atoms with Crippen LogP contribution in [0.15, 0.2) is 45.9 Å². The Bertz CT molecular complexity index is 904. The zero-order valence-electron chi connectivity index (χ0n) is 16.1. The number of benzene rings is 1. The monoisotopic (exact) mass is 386 g/mol. The highest BCUT2D eigenvalue weighted by molar-refractivity contribution is 6.40. The molecule has 0 radical (unpaired) electrons. The van der Waals surface area contributed by atoms with Gasteiger partial charge in [-0.15, -0.1) is 0 Å². The van der Waals surface area contributed by atoms with E-state index in [4.69, 9.17) is 10.2 Å². The lowest BCUT2D eigenvalue weighted by Gasteiger charge is -2.25. The fourth-order valence-electron chi connectivity index (χ4n) is 3.09. The molecule has 148 valence electrons. The fourth-order valence-corrected chi connectivity index (χ4v) is 3.09. The second kappa shape index (κ2) is 7.84. The van der Waals surface area contributed by atoms with Gasteiger partial charge in [-0.1, -0.05) is 0 Å². The first kappa shape index (κ1) is 19.6. The van der Waals surface area contributed by atoms with Crippen molar-refractivity contribution in [2.45, 2.75) is 45.8 Å². The quantitative estimate of drug-likeness (QED) is 0.826. The molecule has 7 nitrogen and oxygen atoms in total. The molecule has 2 N–H and O–H groups in total. The largest absolute Gasteiger partial charge is 0.464 e. The molecule has 1 aromatic carbocycles. The van der Waals surface area contributed by atoms with E-state index in [-0.39, 0.29) is 24.1 Å². The molecule has 8 heteroatoms. The predicted octanol–water partition coefficient (Wildman–Crippen LogP) is 2.58. The Morgan fingerprint density at radius 3 is 2.50 bits per heavy atom. The molecule has 2 heterocycles. The Labute approximate surface area is 162 Å². The molecular weight excluding hydrogens is 363 g/mol. The summed E-state index contributed by atoms with van der Waals surface area (Å²) in [6.45, 7) is 5.92. The average molecular weight is 386 g/mol. The molecular formula is C20H23FN4O3. The highest BCUT2D eigenvalue weighted by atomic mass is 19.1. The van der Waals surface area contributed by atoms with Gasteiger partial charge in [-0.3, -0.25) is 14.6 Å². The maximum absolute atomic E-state index is 13.2. The van der Waals surface area contributed by atoms with Crippen molar-refractivity contribution in [3.05, 3.63) is 53.7 Å². The summed E-state index contributed by atoms with van der Waals surface area (Å²) < 4.78 is 18.8. The van der Waals surface area contributed by atoms with E-state index < -0.39 is 17.8 Å². The Morgan fingerprint density at radius 1 is 1.29 bits per heavy atom. The Morgan fingerprint density at radius 2 is 1.96 bits per heavy atom. The lowest BCUT2D eigenvalue weighted by molar-refractivity contribution is -0.126. The van der Waals surface area contributed by atoms with Crippen molar-refractivity contribution in [3.8, 4) is 0 Å². The number of carbonyl (C=O) groups is 2. The van der Waals surface area contributed by atoms with Crippen molar-refractivity contribution in [2.24, 2.45) is 10.8 Å². The first-order valence-corrected chi connectivity index (χ1v) is 9.04. The van der Waals surface area contributed by atoms with Gasteiger partial charge in [0.15, 0.2) is 0 Å². The van der Waals surface area contributed by atoms with Gasteiger partial charge >= 0.3 is 0 Å². The van der Waals surface area contributed by atoms with Crippen LogP contribution in [0, 0.1) is 12.7 Å². The van der Waals surface area contributed by atoms with Crippen LogP contribution in [0.3, 0.4) is 0 Å². The molecule has 1 aliphatic heterocycles. The van der Waals surface area contributed by atoms with Gasteiger partial charge in [-0.05, 0) is 57.2 Å². The number of hydrogen-bond donors (Lipinski definition) is 1. The van der Waals surface area contributed by atoms with Crippen LogP contribution in [0.5, 0.6) is 0 Å². The summed E-state index contributed by atoms with van der Waals surface area (Å²) in [5.74, 6) is 0.132. The van der Waals surface area contributed by atoms with Crippen LogP contribution in [0.25, 0.3) is 0 Å².